The topological polar surface area (TPSA) is 0 Å². The second-order valence-electron chi connectivity index (χ2n) is 4.46. The lowest BCUT2D eigenvalue weighted by molar-refractivity contribution is 0.335. The van der Waals surface area contributed by atoms with Crippen molar-refractivity contribution in [2.75, 3.05) is 10.7 Å². The molecule has 0 amide bonds. The molecule has 0 aliphatic rings. The van der Waals surface area contributed by atoms with Gasteiger partial charge in [-0.2, -0.15) is 0 Å². The molecule has 0 atom stereocenters. The molecule has 0 aliphatic heterocycles. The van der Waals surface area contributed by atoms with Gasteiger partial charge in [-0.25, -0.2) is 0 Å². The normalized spacial score (nSPS) is 11.7. The lowest BCUT2D eigenvalue weighted by Crippen LogP contribution is -2.23. The van der Waals surface area contributed by atoms with Crippen molar-refractivity contribution in [2.45, 2.75) is 32.6 Å². The molecule has 0 aromatic heterocycles. The Morgan fingerprint density at radius 2 is 1.69 bits per heavy atom. The highest BCUT2D eigenvalue weighted by Gasteiger charge is 2.24. The summed E-state index contributed by atoms with van der Waals surface area (Å²) in [6.07, 6.45) is 4.99. The van der Waals surface area contributed by atoms with Gasteiger partial charge in [-0.15, -0.1) is 0 Å². The highest BCUT2D eigenvalue weighted by atomic mass is 79.9. The number of hydrogen-bond donors (Lipinski definition) is 0. The molecular weight excluding hydrogens is 328 g/mol. The molecule has 0 nitrogen and oxygen atoms in total. The smallest absolute Gasteiger partial charge is 0.00958 e. The average Bonchev–Trinajstić information content (AvgIpc) is 2.37. The summed E-state index contributed by atoms with van der Waals surface area (Å²) in [5.74, 6) is 0. The van der Waals surface area contributed by atoms with Crippen molar-refractivity contribution in [1.82, 2.24) is 0 Å². The molecule has 1 aromatic rings. The fourth-order valence-electron chi connectivity index (χ4n) is 1.85. The molecule has 0 fully saturated rings. The number of alkyl halides is 2. The van der Waals surface area contributed by atoms with E-state index in [4.69, 9.17) is 0 Å². The van der Waals surface area contributed by atoms with E-state index in [0.29, 0.717) is 5.41 Å². The predicted molar refractivity (Wildman–Crippen MR) is 79.7 cm³/mol. The van der Waals surface area contributed by atoms with E-state index < -0.39 is 0 Å². The first kappa shape index (κ1) is 14.2. The maximum Gasteiger partial charge on any atom is 0.00958 e. The fourth-order valence-corrected chi connectivity index (χ4v) is 4.13. The van der Waals surface area contributed by atoms with Gasteiger partial charge in [0.15, 0.2) is 0 Å². The van der Waals surface area contributed by atoms with E-state index in [1.807, 2.05) is 0 Å². The van der Waals surface area contributed by atoms with Crippen LogP contribution in [0, 0.1) is 5.41 Å². The minimum absolute atomic E-state index is 0.439. The van der Waals surface area contributed by atoms with Gasteiger partial charge in [-0.1, -0.05) is 69.1 Å². The highest BCUT2D eigenvalue weighted by Crippen LogP contribution is 2.33. The van der Waals surface area contributed by atoms with Crippen LogP contribution in [0.4, 0.5) is 0 Å². The Hall–Kier alpha value is 0.180. The van der Waals surface area contributed by atoms with Crippen molar-refractivity contribution < 1.29 is 0 Å². The zero-order valence-corrected chi connectivity index (χ0v) is 13.1. The zero-order chi connectivity index (χ0) is 11.9. The van der Waals surface area contributed by atoms with Crippen molar-refractivity contribution in [3.05, 3.63) is 35.9 Å². The van der Waals surface area contributed by atoms with E-state index in [1.165, 1.54) is 31.2 Å². The second-order valence-corrected chi connectivity index (χ2v) is 5.58. The first-order valence-corrected chi connectivity index (χ1v) is 8.16. The predicted octanol–water partition coefficient (Wildman–Crippen LogP) is 5.20. The number of aryl methyl sites for hydroxylation is 1. The molecule has 0 aliphatic carbocycles. The summed E-state index contributed by atoms with van der Waals surface area (Å²) in [5.41, 5.74) is 1.89. The van der Waals surface area contributed by atoms with Crippen molar-refractivity contribution in [2.24, 2.45) is 5.41 Å². The quantitative estimate of drug-likeness (QED) is 0.595. The molecule has 0 N–H and O–H groups in total. The lowest BCUT2D eigenvalue weighted by atomic mass is 9.84. The van der Waals surface area contributed by atoms with Crippen LogP contribution >= 0.6 is 31.9 Å². The van der Waals surface area contributed by atoms with Crippen LogP contribution in [-0.4, -0.2) is 10.7 Å². The average molecular weight is 348 g/mol. The first-order valence-electron chi connectivity index (χ1n) is 5.92. The Morgan fingerprint density at radius 1 is 1.06 bits per heavy atom. The SMILES string of the molecule is CCC(CBr)(CBr)CCCc1ccccc1. The third-order valence-corrected chi connectivity index (χ3v) is 5.71. The molecule has 90 valence electrons. The summed E-state index contributed by atoms with van der Waals surface area (Å²) in [7, 11) is 0. The van der Waals surface area contributed by atoms with Gasteiger partial charge >= 0.3 is 0 Å². The summed E-state index contributed by atoms with van der Waals surface area (Å²) in [6, 6.07) is 10.8. The molecule has 16 heavy (non-hydrogen) atoms. The maximum absolute atomic E-state index is 3.65. The van der Waals surface area contributed by atoms with Crippen molar-refractivity contribution in [3.63, 3.8) is 0 Å². The standard InChI is InChI=1S/C14H20Br2/c1-2-14(11-15,12-16)10-6-9-13-7-4-3-5-8-13/h3-5,7-8H,2,6,9-12H2,1H3. The highest BCUT2D eigenvalue weighted by molar-refractivity contribution is 9.09. The Morgan fingerprint density at radius 3 is 2.19 bits per heavy atom. The van der Waals surface area contributed by atoms with Crippen LogP contribution < -0.4 is 0 Å². The fraction of sp³-hybridized carbons (Fsp3) is 0.571. The van der Waals surface area contributed by atoms with Crippen molar-refractivity contribution >= 4 is 31.9 Å². The van der Waals surface area contributed by atoms with Gasteiger partial charge in [-0.05, 0) is 36.7 Å². The third kappa shape index (κ3) is 4.21. The minimum atomic E-state index is 0.439. The summed E-state index contributed by atoms with van der Waals surface area (Å²) in [6.45, 7) is 2.28. The van der Waals surface area contributed by atoms with Crippen LogP contribution in [0.25, 0.3) is 0 Å². The molecule has 2 heteroatoms. The second kappa shape index (κ2) is 7.50. The van der Waals surface area contributed by atoms with E-state index >= 15 is 0 Å². The summed E-state index contributed by atoms with van der Waals surface area (Å²) in [5, 5.41) is 2.19. The Balaban J connectivity index is 2.39. The Labute approximate surface area is 116 Å². The van der Waals surface area contributed by atoms with E-state index in [0.717, 1.165) is 10.7 Å². The van der Waals surface area contributed by atoms with Crippen LogP contribution in [0.5, 0.6) is 0 Å². The first-order chi connectivity index (χ1) is 7.76. The van der Waals surface area contributed by atoms with Crippen LogP contribution in [0.15, 0.2) is 30.3 Å². The van der Waals surface area contributed by atoms with Gasteiger partial charge < -0.3 is 0 Å². The molecule has 0 saturated heterocycles. The van der Waals surface area contributed by atoms with Crippen molar-refractivity contribution in [3.8, 4) is 0 Å². The third-order valence-electron chi connectivity index (χ3n) is 3.33. The molecule has 0 saturated carbocycles. The summed E-state index contributed by atoms with van der Waals surface area (Å²) < 4.78 is 0. The maximum atomic E-state index is 3.65. The molecule has 1 aromatic carbocycles. The minimum Gasteiger partial charge on any atom is -0.0922 e. The number of benzene rings is 1. The molecular formula is C14H20Br2. The van der Waals surface area contributed by atoms with Gasteiger partial charge in [0.05, 0.1) is 0 Å². The summed E-state index contributed by atoms with van der Waals surface area (Å²) >= 11 is 7.30. The van der Waals surface area contributed by atoms with E-state index in [-0.39, 0.29) is 0 Å². The molecule has 0 radical (unpaired) electrons. The number of hydrogen-bond acceptors (Lipinski definition) is 0. The Kier molecular flexibility index (Phi) is 6.67. The van der Waals surface area contributed by atoms with Gasteiger partial charge in [0.25, 0.3) is 0 Å². The van der Waals surface area contributed by atoms with Crippen LogP contribution in [0.2, 0.25) is 0 Å². The van der Waals surface area contributed by atoms with Gasteiger partial charge in [0.2, 0.25) is 0 Å². The van der Waals surface area contributed by atoms with Gasteiger partial charge in [0.1, 0.15) is 0 Å². The molecule has 0 bridgehead atoms. The number of halogens is 2. The van der Waals surface area contributed by atoms with Crippen LogP contribution in [0.3, 0.4) is 0 Å². The molecule has 0 spiro atoms. The molecule has 0 heterocycles. The van der Waals surface area contributed by atoms with Crippen LogP contribution in [-0.2, 0) is 6.42 Å². The van der Waals surface area contributed by atoms with Crippen molar-refractivity contribution in [1.29, 1.82) is 0 Å². The zero-order valence-electron chi connectivity index (χ0n) is 9.89. The van der Waals surface area contributed by atoms with E-state index in [9.17, 15) is 0 Å². The number of rotatable bonds is 7. The summed E-state index contributed by atoms with van der Waals surface area (Å²) in [4.78, 5) is 0. The van der Waals surface area contributed by atoms with Crippen LogP contribution in [0.1, 0.15) is 31.7 Å². The largest absolute Gasteiger partial charge is 0.0922 e. The monoisotopic (exact) mass is 346 g/mol. The lowest BCUT2D eigenvalue weighted by Gasteiger charge is -2.28. The van der Waals surface area contributed by atoms with Gasteiger partial charge in [0, 0.05) is 10.7 Å². The van der Waals surface area contributed by atoms with E-state index in [2.05, 4.69) is 69.1 Å². The Bertz CT molecular complexity index is 270. The molecule has 0 unspecified atom stereocenters. The van der Waals surface area contributed by atoms with Gasteiger partial charge in [-0.3, -0.25) is 0 Å². The molecule has 1 rings (SSSR count). The van der Waals surface area contributed by atoms with E-state index in [1.54, 1.807) is 0 Å².